The molecule has 0 aliphatic carbocycles. The van der Waals surface area contributed by atoms with Crippen molar-refractivity contribution < 1.29 is 0 Å². The first-order valence-electron chi connectivity index (χ1n) is 5.71. The fourth-order valence-corrected chi connectivity index (χ4v) is 2.02. The van der Waals surface area contributed by atoms with Crippen LogP contribution in [0.15, 0.2) is 28.7 Å². The summed E-state index contributed by atoms with van der Waals surface area (Å²) in [6.07, 6.45) is 0. The van der Waals surface area contributed by atoms with E-state index in [1.54, 1.807) is 4.68 Å². The lowest BCUT2D eigenvalue weighted by atomic mass is 10.1. The second-order valence-corrected chi connectivity index (χ2v) is 5.40. The molecular formula is C13H13BrN4. The van der Waals surface area contributed by atoms with Crippen LogP contribution in [0.3, 0.4) is 0 Å². The molecule has 18 heavy (non-hydrogen) atoms. The Balaban J connectivity index is 2.50. The Morgan fingerprint density at radius 2 is 2.00 bits per heavy atom. The van der Waals surface area contributed by atoms with Crippen molar-refractivity contribution in [3.8, 4) is 17.3 Å². The first-order valence-corrected chi connectivity index (χ1v) is 6.50. The van der Waals surface area contributed by atoms with Crippen LogP contribution in [-0.2, 0) is 6.54 Å². The van der Waals surface area contributed by atoms with Crippen molar-refractivity contribution in [3.05, 3.63) is 34.4 Å². The van der Waals surface area contributed by atoms with E-state index in [0.717, 1.165) is 22.3 Å². The molecule has 2 rings (SSSR count). The summed E-state index contributed by atoms with van der Waals surface area (Å²) in [5.41, 5.74) is 2.12. The van der Waals surface area contributed by atoms with Gasteiger partial charge in [-0.05, 0) is 18.1 Å². The Morgan fingerprint density at radius 3 is 2.56 bits per heavy atom. The van der Waals surface area contributed by atoms with E-state index in [9.17, 15) is 0 Å². The first-order chi connectivity index (χ1) is 8.61. The Kier molecular flexibility index (Phi) is 3.78. The third-order valence-electron chi connectivity index (χ3n) is 2.50. The largest absolute Gasteiger partial charge is 0.243 e. The third-order valence-corrected chi connectivity index (χ3v) is 3.03. The Bertz CT molecular complexity index is 578. The molecule has 2 aromatic rings. The zero-order chi connectivity index (χ0) is 13.1. The molecule has 1 aromatic heterocycles. The molecule has 4 nitrogen and oxygen atoms in total. The summed E-state index contributed by atoms with van der Waals surface area (Å²) in [5, 5.41) is 17.1. The second kappa shape index (κ2) is 5.32. The van der Waals surface area contributed by atoms with Gasteiger partial charge in [-0.2, -0.15) is 5.26 Å². The van der Waals surface area contributed by atoms with Gasteiger partial charge in [0.25, 0.3) is 0 Å². The van der Waals surface area contributed by atoms with Gasteiger partial charge >= 0.3 is 0 Å². The summed E-state index contributed by atoms with van der Waals surface area (Å²) in [7, 11) is 0. The smallest absolute Gasteiger partial charge is 0.190 e. The topological polar surface area (TPSA) is 54.5 Å². The minimum Gasteiger partial charge on any atom is -0.243 e. The highest BCUT2D eigenvalue weighted by Crippen LogP contribution is 2.24. The maximum Gasteiger partial charge on any atom is 0.190 e. The number of rotatable bonds is 3. The molecule has 0 spiro atoms. The van der Waals surface area contributed by atoms with Crippen molar-refractivity contribution in [2.45, 2.75) is 20.4 Å². The summed E-state index contributed by atoms with van der Waals surface area (Å²) in [6.45, 7) is 4.97. The molecular weight excluding hydrogens is 292 g/mol. The van der Waals surface area contributed by atoms with E-state index in [1.807, 2.05) is 24.3 Å². The fourth-order valence-electron chi connectivity index (χ4n) is 1.76. The minimum absolute atomic E-state index is 0.373. The lowest BCUT2D eigenvalue weighted by molar-refractivity contribution is 0.475. The molecule has 0 radical (unpaired) electrons. The third kappa shape index (κ3) is 2.59. The molecule has 0 bridgehead atoms. The Morgan fingerprint density at radius 1 is 1.33 bits per heavy atom. The molecule has 0 atom stereocenters. The van der Waals surface area contributed by atoms with Crippen LogP contribution in [0, 0.1) is 17.2 Å². The van der Waals surface area contributed by atoms with Crippen molar-refractivity contribution >= 4 is 15.9 Å². The van der Waals surface area contributed by atoms with Gasteiger partial charge in [-0.25, -0.2) is 4.68 Å². The van der Waals surface area contributed by atoms with Crippen molar-refractivity contribution in [2.24, 2.45) is 5.92 Å². The highest BCUT2D eigenvalue weighted by Gasteiger charge is 2.15. The molecule has 0 aliphatic heterocycles. The molecule has 0 N–H and O–H groups in total. The Hall–Kier alpha value is -1.67. The highest BCUT2D eigenvalue weighted by molar-refractivity contribution is 9.10. The van der Waals surface area contributed by atoms with Crippen LogP contribution < -0.4 is 0 Å². The van der Waals surface area contributed by atoms with Gasteiger partial charge in [-0.15, -0.1) is 5.10 Å². The zero-order valence-electron chi connectivity index (χ0n) is 10.3. The standard InChI is InChI=1S/C13H13BrN4/c1-9(2)8-18-13(12(7-15)16-17-18)10-3-5-11(14)6-4-10/h3-6,9H,8H2,1-2H3. The van der Waals surface area contributed by atoms with Gasteiger partial charge in [-0.3, -0.25) is 0 Å². The summed E-state index contributed by atoms with van der Waals surface area (Å²) < 4.78 is 2.81. The minimum atomic E-state index is 0.373. The maximum atomic E-state index is 9.11. The first kappa shape index (κ1) is 12.8. The zero-order valence-corrected chi connectivity index (χ0v) is 11.8. The number of hydrogen-bond donors (Lipinski definition) is 0. The molecule has 0 unspecified atom stereocenters. The monoisotopic (exact) mass is 304 g/mol. The summed E-state index contributed by atoms with van der Waals surface area (Å²) in [6, 6.07) is 9.91. The van der Waals surface area contributed by atoms with Crippen molar-refractivity contribution in [1.29, 1.82) is 5.26 Å². The number of benzene rings is 1. The molecule has 0 amide bonds. The summed E-state index contributed by atoms with van der Waals surface area (Å²) >= 11 is 3.40. The molecule has 0 aliphatic rings. The number of halogens is 1. The maximum absolute atomic E-state index is 9.11. The van der Waals surface area contributed by atoms with Gasteiger partial charge in [0.1, 0.15) is 11.8 Å². The number of nitrogens with zero attached hydrogens (tertiary/aromatic N) is 4. The average molecular weight is 305 g/mol. The van der Waals surface area contributed by atoms with Gasteiger partial charge < -0.3 is 0 Å². The predicted molar refractivity (Wildman–Crippen MR) is 72.7 cm³/mol. The Labute approximate surface area is 114 Å². The van der Waals surface area contributed by atoms with Crippen LogP contribution in [0.5, 0.6) is 0 Å². The molecule has 0 saturated heterocycles. The van der Waals surface area contributed by atoms with Gasteiger partial charge in [0.05, 0.1) is 0 Å². The van der Waals surface area contributed by atoms with Crippen LogP contribution in [0.4, 0.5) is 0 Å². The van der Waals surface area contributed by atoms with Crippen LogP contribution >= 0.6 is 15.9 Å². The van der Waals surface area contributed by atoms with Crippen molar-refractivity contribution in [2.75, 3.05) is 0 Å². The van der Waals surface area contributed by atoms with E-state index in [2.05, 4.69) is 46.2 Å². The summed E-state index contributed by atoms with van der Waals surface area (Å²) in [4.78, 5) is 0. The predicted octanol–water partition coefficient (Wildman–Crippen LogP) is 3.24. The molecule has 0 fully saturated rings. The fraction of sp³-hybridized carbons (Fsp3) is 0.308. The molecule has 1 aromatic carbocycles. The van der Waals surface area contributed by atoms with E-state index in [0.29, 0.717) is 11.6 Å². The molecule has 5 heteroatoms. The van der Waals surface area contributed by atoms with E-state index in [1.165, 1.54) is 0 Å². The van der Waals surface area contributed by atoms with E-state index < -0.39 is 0 Å². The molecule has 92 valence electrons. The van der Waals surface area contributed by atoms with Gasteiger partial charge in [0.2, 0.25) is 0 Å². The van der Waals surface area contributed by atoms with Crippen LogP contribution in [-0.4, -0.2) is 15.0 Å². The van der Waals surface area contributed by atoms with Gasteiger partial charge in [0.15, 0.2) is 5.69 Å². The SMILES string of the molecule is CC(C)Cn1nnc(C#N)c1-c1ccc(Br)cc1. The van der Waals surface area contributed by atoms with Crippen LogP contribution in [0.25, 0.3) is 11.3 Å². The molecule has 0 saturated carbocycles. The average Bonchev–Trinajstić information content (AvgIpc) is 2.72. The summed E-state index contributed by atoms with van der Waals surface area (Å²) in [5.74, 6) is 0.451. The van der Waals surface area contributed by atoms with Crippen LogP contribution in [0.1, 0.15) is 19.5 Å². The lowest BCUT2D eigenvalue weighted by Gasteiger charge is -2.09. The number of hydrogen-bond acceptors (Lipinski definition) is 3. The van der Waals surface area contributed by atoms with Crippen molar-refractivity contribution in [3.63, 3.8) is 0 Å². The molecule has 1 heterocycles. The van der Waals surface area contributed by atoms with E-state index in [-0.39, 0.29) is 0 Å². The quantitative estimate of drug-likeness (QED) is 0.874. The lowest BCUT2D eigenvalue weighted by Crippen LogP contribution is -2.08. The number of aromatic nitrogens is 3. The van der Waals surface area contributed by atoms with Crippen molar-refractivity contribution in [1.82, 2.24) is 15.0 Å². The van der Waals surface area contributed by atoms with Crippen LogP contribution in [0.2, 0.25) is 0 Å². The highest BCUT2D eigenvalue weighted by atomic mass is 79.9. The number of nitriles is 1. The van der Waals surface area contributed by atoms with Gasteiger partial charge in [-0.1, -0.05) is 47.1 Å². The normalized spacial score (nSPS) is 10.6. The van der Waals surface area contributed by atoms with E-state index >= 15 is 0 Å². The second-order valence-electron chi connectivity index (χ2n) is 4.48. The van der Waals surface area contributed by atoms with E-state index in [4.69, 9.17) is 5.26 Å². The van der Waals surface area contributed by atoms with Gasteiger partial charge in [0, 0.05) is 16.6 Å².